The molecule has 0 saturated heterocycles. The minimum absolute atomic E-state index is 0.0343. The molecule has 1 unspecified atom stereocenters. The minimum Gasteiger partial charge on any atom is -0.336 e. The van der Waals surface area contributed by atoms with Crippen molar-refractivity contribution in [3.05, 3.63) is 75.8 Å². The van der Waals surface area contributed by atoms with Crippen LogP contribution in [0.1, 0.15) is 55.0 Å². The number of H-pyrrole nitrogens is 1. The third kappa shape index (κ3) is 5.50. The number of hydrogen-bond donors (Lipinski definition) is 1. The molecule has 1 aromatic carbocycles. The van der Waals surface area contributed by atoms with Crippen molar-refractivity contribution in [2.75, 3.05) is 20.6 Å². The number of fused-ring (bicyclic) bond motifs is 1. The fourth-order valence-electron chi connectivity index (χ4n) is 4.84. The molecule has 6 heteroatoms. The predicted octanol–water partition coefficient (Wildman–Crippen LogP) is 4.44. The van der Waals surface area contributed by atoms with Crippen LogP contribution in [0.5, 0.6) is 0 Å². The first-order valence-corrected chi connectivity index (χ1v) is 11.9. The minimum atomic E-state index is -0.132. The van der Waals surface area contributed by atoms with Gasteiger partial charge in [-0.15, -0.1) is 0 Å². The number of nitrogens with zero attached hydrogens (tertiary/aromatic N) is 3. The molecule has 174 valence electrons. The van der Waals surface area contributed by atoms with E-state index in [1.54, 1.807) is 6.20 Å². The molecule has 0 radical (unpaired) electrons. The summed E-state index contributed by atoms with van der Waals surface area (Å²) in [5.74, 6) is 0.188. The number of rotatable bonds is 7. The van der Waals surface area contributed by atoms with Crippen molar-refractivity contribution in [2.45, 2.75) is 51.6 Å². The Morgan fingerprint density at radius 1 is 1.12 bits per heavy atom. The van der Waals surface area contributed by atoms with Crippen molar-refractivity contribution < 1.29 is 4.79 Å². The smallest absolute Gasteiger partial charge is 0.253 e. The van der Waals surface area contributed by atoms with Gasteiger partial charge in [0.05, 0.1) is 18.3 Å². The SMILES string of the molecule is Cc1ccc2[nH]c(=O)c(CN(CC(c3ccccn3)N(C)C)C(=O)C3CCCCC3)cc2c1. The summed E-state index contributed by atoms with van der Waals surface area (Å²) in [6.07, 6.45) is 7.03. The third-order valence-corrected chi connectivity index (χ3v) is 6.75. The van der Waals surface area contributed by atoms with Crippen LogP contribution < -0.4 is 5.56 Å². The number of aryl methyl sites for hydroxylation is 1. The van der Waals surface area contributed by atoms with E-state index in [1.807, 2.05) is 62.3 Å². The maximum absolute atomic E-state index is 13.7. The van der Waals surface area contributed by atoms with E-state index in [4.69, 9.17) is 0 Å². The largest absolute Gasteiger partial charge is 0.336 e. The van der Waals surface area contributed by atoms with E-state index in [0.29, 0.717) is 18.7 Å². The van der Waals surface area contributed by atoms with Gasteiger partial charge in [-0.1, -0.05) is 37.0 Å². The summed E-state index contributed by atoms with van der Waals surface area (Å²) < 4.78 is 0. The Morgan fingerprint density at radius 3 is 2.61 bits per heavy atom. The third-order valence-electron chi connectivity index (χ3n) is 6.75. The Balaban J connectivity index is 1.68. The number of carbonyl (C=O) groups is 1. The number of benzene rings is 1. The maximum atomic E-state index is 13.7. The highest BCUT2D eigenvalue weighted by atomic mass is 16.2. The van der Waals surface area contributed by atoms with E-state index >= 15 is 0 Å². The molecule has 1 saturated carbocycles. The van der Waals surface area contributed by atoms with Crippen LogP contribution in [0.2, 0.25) is 0 Å². The van der Waals surface area contributed by atoms with Gasteiger partial charge in [0.1, 0.15) is 0 Å². The number of aromatic amines is 1. The second kappa shape index (κ2) is 10.3. The Labute approximate surface area is 195 Å². The van der Waals surface area contributed by atoms with Gasteiger partial charge in [-0.05, 0) is 69.6 Å². The van der Waals surface area contributed by atoms with E-state index in [0.717, 1.165) is 47.8 Å². The van der Waals surface area contributed by atoms with Crippen LogP contribution in [0.25, 0.3) is 10.9 Å². The molecule has 0 spiro atoms. The molecule has 33 heavy (non-hydrogen) atoms. The lowest BCUT2D eigenvalue weighted by Crippen LogP contribution is -2.43. The molecule has 4 rings (SSSR count). The summed E-state index contributed by atoms with van der Waals surface area (Å²) in [7, 11) is 4.02. The van der Waals surface area contributed by atoms with Crippen LogP contribution in [0.3, 0.4) is 0 Å². The standard InChI is InChI=1S/C27H34N4O2/c1-19-12-13-23-21(15-19)16-22(26(32)29-23)17-31(27(33)20-9-5-4-6-10-20)18-25(30(2)3)24-11-7-8-14-28-24/h7-8,11-16,20,25H,4-6,9-10,17-18H2,1-3H3,(H,29,32). The van der Waals surface area contributed by atoms with Crippen molar-refractivity contribution in [3.63, 3.8) is 0 Å². The fraction of sp³-hybridized carbons (Fsp3) is 0.444. The summed E-state index contributed by atoms with van der Waals surface area (Å²) in [6.45, 7) is 2.83. The molecule has 1 aliphatic rings. The normalized spacial score (nSPS) is 15.6. The fourth-order valence-corrected chi connectivity index (χ4v) is 4.84. The molecule has 2 aromatic heterocycles. The quantitative estimate of drug-likeness (QED) is 0.582. The highest BCUT2D eigenvalue weighted by Crippen LogP contribution is 2.28. The molecule has 2 heterocycles. The monoisotopic (exact) mass is 446 g/mol. The van der Waals surface area contributed by atoms with Gasteiger partial charge in [0, 0.05) is 29.7 Å². The summed E-state index contributed by atoms with van der Waals surface area (Å²) in [4.78, 5) is 38.2. The lowest BCUT2D eigenvalue weighted by molar-refractivity contribution is -0.138. The number of aromatic nitrogens is 2. The molecular weight excluding hydrogens is 412 g/mol. The topological polar surface area (TPSA) is 69.3 Å². The number of pyridine rings is 2. The van der Waals surface area contributed by atoms with Crippen molar-refractivity contribution >= 4 is 16.8 Å². The van der Waals surface area contributed by atoms with Gasteiger partial charge < -0.3 is 9.88 Å². The van der Waals surface area contributed by atoms with Crippen LogP contribution in [0, 0.1) is 12.8 Å². The number of hydrogen-bond acceptors (Lipinski definition) is 4. The van der Waals surface area contributed by atoms with E-state index < -0.39 is 0 Å². The zero-order valence-corrected chi connectivity index (χ0v) is 19.9. The maximum Gasteiger partial charge on any atom is 0.253 e. The van der Waals surface area contributed by atoms with Gasteiger partial charge in [-0.25, -0.2) is 0 Å². The van der Waals surface area contributed by atoms with Gasteiger partial charge in [0.2, 0.25) is 5.91 Å². The molecule has 1 N–H and O–H groups in total. The van der Waals surface area contributed by atoms with Gasteiger partial charge >= 0.3 is 0 Å². The van der Waals surface area contributed by atoms with E-state index in [9.17, 15) is 9.59 Å². The zero-order valence-electron chi connectivity index (χ0n) is 19.9. The molecule has 0 aliphatic heterocycles. The lowest BCUT2D eigenvalue weighted by Gasteiger charge is -2.34. The van der Waals surface area contributed by atoms with Crippen molar-refractivity contribution in [2.24, 2.45) is 5.92 Å². The van der Waals surface area contributed by atoms with E-state index in [1.165, 1.54) is 6.42 Å². The average molecular weight is 447 g/mol. The Hall–Kier alpha value is -2.99. The number of nitrogens with one attached hydrogen (secondary N) is 1. The first-order valence-electron chi connectivity index (χ1n) is 11.9. The van der Waals surface area contributed by atoms with Crippen molar-refractivity contribution in [1.82, 2.24) is 19.8 Å². The second-order valence-corrected chi connectivity index (χ2v) is 9.50. The van der Waals surface area contributed by atoms with Gasteiger partial charge in [0.15, 0.2) is 0 Å². The molecule has 1 amide bonds. The lowest BCUT2D eigenvalue weighted by atomic mass is 9.88. The summed E-state index contributed by atoms with van der Waals surface area (Å²) in [6, 6.07) is 13.8. The molecule has 0 bridgehead atoms. The van der Waals surface area contributed by atoms with Crippen LogP contribution in [0.4, 0.5) is 0 Å². The van der Waals surface area contributed by atoms with Gasteiger partial charge in [-0.2, -0.15) is 0 Å². The zero-order chi connectivity index (χ0) is 23.4. The van der Waals surface area contributed by atoms with Crippen LogP contribution in [-0.4, -0.2) is 46.3 Å². The molecule has 6 nitrogen and oxygen atoms in total. The highest BCUT2D eigenvalue weighted by Gasteiger charge is 2.29. The summed E-state index contributed by atoms with van der Waals surface area (Å²) in [5, 5.41) is 0.989. The van der Waals surface area contributed by atoms with E-state index in [-0.39, 0.29) is 23.4 Å². The second-order valence-electron chi connectivity index (χ2n) is 9.50. The number of amides is 1. The van der Waals surface area contributed by atoms with Gasteiger partial charge in [0.25, 0.3) is 5.56 Å². The number of carbonyl (C=O) groups excluding carboxylic acids is 1. The molecular formula is C27H34N4O2. The van der Waals surface area contributed by atoms with Crippen molar-refractivity contribution in [3.8, 4) is 0 Å². The molecule has 1 atom stereocenters. The summed E-state index contributed by atoms with van der Waals surface area (Å²) in [5.41, 5.74) is 3.37. The molecule has 3 aromatic rings. The van der Waals surface area contributed by atoms with Crippen molar-refractivity contribution in [1.29, 1.82) is 0 Å². The first-order chi connectivity index (χ1) is 15.9. The Morgan fingerprint density at radius 2 is 1.91 bits per heavy atom. The highest BCUT2D eigenvalue weighted by molar-refractivity contribution is 5.81. The molecule has 1 fully saturated rings. The summed E-state index contributed by atoms with van der Waals surface area (Å²) >= 11 is 0. The molecule has 1 aliphatic carbocycles. The Bertz CT molecular complexity index is 1150. The van der Waals surface area contributed by atoms with E-state index in [2.05, 4.69) is 20.9 Å². The Kier molecular flexibility index (Phi) is 7.23. The predicted molar refractivity (Wildman–Crippen MR) is 132 cm³/mol. The average Bonchev–Trinajstić information content (AvgIpc) is 2.82. The van der Waals surface area contributed by atoms with Crippen LogP contribution in [0.15, 0.2) is 53.5 Å². The van der Waals surface area contributed by atoms with Crippen LogP contribution >= 0.6 is 0 Å². The van der Waals surface area contributed by atoms with Crippen LogP contribution in [-0.2, 0) is 11.3 Å². The van der Waals surface area contributed by atoms with Gasteiger partial charge in [-0.3, -0.25) is 19.5 Å². The number of likely N-dealkylation sites (N-methyl/N-ethyl adjacent to an activating group) is 1. The first kappa shape index (κ1) is 23.2.